The number of nitrogens with one attached hydrogen (secondary N) is 2. The van der Waals surface area contributed by atoms with Crippen molar-refractivity contribution < 1.29 is 23.5 Å². The van der Waals surface area contributed by atoms with Crippen LogP contribution in [-0.4, -0.2) is 26.0 Å². The van der Waals surface area contributed by atoms with E-state index >= 15 is 0 Å². The predicted molar refractivity (Wildman–Crippen MR) is 88.2 cm³/mol. The van der Waals surface area contributed by atoms with Crippen molar-refractivity contribution in [2.75, 3.05) is 24.9 Å². The standard InChI is InChI=1S/C17H17FN2O4/c1-10(21)19-14-9-12(5-7-16(14)24-3)20-17(22)13-8-11(18)4-6-15(13)23-2/h4-9H,1-3H3,(H,19,21)(H,20,22). The van der Waals surface area contributed by atoms with Gasteiger partial charge in [0.05, 0.1) is 25.5 Å². The zero-order valence-corrected chi connectivity index (χ0v) is 13.5. The van der Waals surface area contributed by atoms with Crippen molar-refractivity contribution in [3.63, 3.8) is 0 Å². The van der Waals surface area contributed by atoms with Crippen molar-refractivity contribution in [1.29, 1.82) is 0 Å². The van der Waals surface area contributed by atoms with Crippen LogP contribution in [0.5, 0.6) is 11.5 Å². The molecule has 0 spiro atoms. The quantitative estimate of drug-likeness (QED) is 0.882. The summed E-state index contributed by atoms with van der Waals surface area (Å²) in [5.41, 5.74) is 0.888. The Bertz CT molecular complexity index is 777. The van der Waals surface area contributed by atoms with Crippen LogP contribution < -0.4 is 20.1 Å². The van der Waals surface area contributed by atoms with Crippen molar-refractivity contribution in [2.45, 2.75) is 6.92 Å². The third-order valence-electron chi connectivity index (χ3n) is 3.17. The third-order valence-corrected chi connectivity index (χ3v) is 3.17. The SMILES string of the molecule is COc1ccc(NC(=O)c2cc(F)ccc2OC)cc1NC(C)=O. The highest BCUT2D eigenvalue weighted by Crippen LogP contribution is 2.28. The van der Waals surface area contributed by atoms with Gasteiger partial charge >= 0.3 is 0 Å². The van der Waals surface area contributed by atoms with Crippen LogP contribution in [0.4, 0.5) is 15.8 Å². The maximum Gasteiger partial charge on any atom is 0.259 e. The average Bonchev–Trinajstić information content (AvgIpc) is 2.54. The molecule has 0 fully saturated rings. The number of hydrogen-bond acceptors (Lipinski definition) is 4. The van der Waals surface area contributed by atoms with Gasteiger partial charge in [0.2, 0.25) is 5.91 Å². The van der Waals surface area contributed by atoms with E-state index in [-0.39, 0.29) is 17.2 Å². The van der Waals surface area contributed by atoms with E-state index in [0.29, 0.717) is 17.1 Å². The Hall–Kier alpha value is -3.09. The summed E-state index contributed by atoms with van der Waals surface area (Å²) < 4.78 is 23.6. The van der Waals surface area contributed by atoms with Gasteiger partial charge in [-0.1, -0.05) is 0 Å². The van der Waals surface area contributed by atoms with Gasteiger partial charge in [0.15, 0.2) is 0 Å². The molecular weight excluding hydrogens is 315 g/mol. The normalized spacial score (nSPS) is 10.0. The minimum Gasteiger partial charge on any atom is -0.496 e. The molecule has 0 saturated carbocycles. The highest BCUT2D eigenvalue weighted by Gasteiger charge is 2.15. The van der Waals surface area contributed by atoms with E-state index in [9.17, 15) is 14.0 Å². The molecule has 0 aromatic heterocycles. The maximum absolute atomic E-state index is 13.4. The Morgan fingerprint density at radius 2 is 1.62 bits per heavy atom. The molecule has 0 aliphatic carbocycles. The van der Waals surface area contributed by atoms with Gasteiger partial charge in [-0.3, -0.25) is 9.59 Å². The second-order valence-corrected chi connectivity index (χ2v) is 4.89. The van der Waals surface area contributed by atoms with Crippen LogP contribution >= 0.6 is 0 Å². The van der Waals surface area contributed by atoms with E-state index in [1.165, 1.54) is 33.3 Å². The van der Waals surface area contributed by atoms with Crippen LogP contribution in [0.3, 0.4) is 0 Å². The van der Waals surface area contributed by atoms with Gasteiger partial charge in [-0.25, -0.2) is 4.39 Å². The van der Waals surface area contributed by atoms with Crippen LogP contribution in [0.25, 0.3) is 0 Å². The number of benzene rings is 2. The first-order valence-electron chi connectivity index (χ1n) is 7.05. The number of rotatable bonds is 5. The molecule has 0 bridgehead atoms. The first-order valence-corrected chi connectivity index (χ1v) is 7.05. The van der Waals surface area contributed by atoms with Crippen LogP contribution in [0.1, 0.15) is 17.3 Å². The Morgan fingerprint density at radius 1 is 0.958 bits per heavy atom. The van der Waals surface area contributed by atoms with Crippen LogP contribution in [0.2, 0.25) is 0 Å². The zero-order chi connectivity index (χ0) is 17.7. The van der Waals surface area contributed by atoms with E-state index in [1.807, 2.05) is 0 Å². The Kier molecular flexibility index (Phi) is 5.36. The van der Waals surface area contributed by atoms with Crippen molar-refractivity contribution >= 4 is 23.2 Å². The molecule has 2 aromatic rings. The number of anilines is 2. The summed E-state index contributed by atoms with van der Waals surface area (Å²) in [6.45, 7) is 1.36. The molecule has 0 aliphatic heterocycles. The van der Waals surface area contributed by atoms with Gasteiger partial charge in [-0.15, -0.1) is 0 Å². The topological polar surface area (TPSA) is 76.7 Å². The Balaban J connectivity index is 2.29. The fourth-order valence-corrected chi connectivity index (χ4v) is 2.13. The first-order chi connectivity index (χ1) is 11.4. The number of ether oxygens (including phenoxy) is 2. The molecule has 126 valence electrons. The molecular formula is C17H17FN2O4. The minimum atomic E-state index is -0.547. The maximum atomic E-state index is 13.4. The number of methoxy groups -OCH3 is 2. The smallest absolute Gasteiger partial charge is 0.259 e. The minimum absolute atomic E-state index is 0.0643. The molecule has 0 aliphatic rings. The zero-order valence-electron chi connectivity index (χ0n) is 13.5. The number of hydrogen-bond donors (Lipinski definition) is 2. The molecule has 0 saturated heterocycles. The summed E-state index contributed by atoms with van der Waals surface area (Å²) in [4.78, 5) is 23.6. The monoisotopic (exact) mass is 332 g/mol. The summed E-state index contributed by atoms with van der Waals surface area (Å²) in [7, 11) is 2.86. The van der Waals surface area contributed by atoms with E-state index < -0.39 is 11.7 Å². The van der Waals surface area contributed by atoms with Gasteiger partial charge in [0, 0.05) is 12.6 Å². The largest absolute Gasteiger partial charge is 0.496 e. The molecule has 24 heavy (non-hydrogen) atoms. The third kappa shape index (κ3) is 4.01. The van der Waals surface area contributed by atoms with Crippen molar-refractivity contribution in [2.24, 2.45) is 0 Å². The Morgan fingerprint density at radius 3 is 2.25 bits per heavy atom. The number of carbonyl (C=O) groups is 2. The summed E-state index contributed by atoms with van der Waals surface area (Å²) in [5.74, 6) is -0.653. The van der Waals surface area contributed by atoms with E-state index in [1.54, 1.807) is 18.2 Å². The van der Waals surface area contributed by atoms with Gasteiger partial charge in [0.1, 0.15) is 17.3 Å². The summed E-state index contributed by atoms with van der Waals surface area (Å²) in [6, 6.07) is 8.42. The number of amides is 2. The fraction of sp³-hybridized carbons (Fsp3) is 0.176. The molecule has 0 heterocycles. The summed E-state index contributed by atoms with van der Waals surface area (Å²) in [5, 5.41) is 5.24. The lowest BCUT2D eigenvalue weighted by Crippen LogP contribution is -2.14. The van der Waals surface area contributed by atoms with E-state index in [0.717, 1.165) is 6.07 Å². The van der Waals surface area contributed by atoms with Crippen molar-refractivity contribution in [3.8, 4) is 11.5 Å². The average molecular weight is 332 g/mol. The van der Waals surface area contributed by atoms with Gasteiger partial charge in [-0.05, 0) is 36.4 Å². The second-order valence-electron chi connectivity index (χ2n) is 4.89. The highest BCUT2D eigenvalue weighted by atomic mass is 19.1. The second kappa shape index (κ2) is 7.45. The molecule has 0 atom stereocenters. The molecule has 7 heteroatoms. The summed E-state index contributed by atoms with van der Waals surface area (Å²) in [6.07, 6.45) is 0. The Labute approximate surface area is 138 Å². The fourth-order valence-electron chi connectivity index (χ4n) is 2.13. The first kappa shape index (κ1) is 17.3. The lowest BCUT2D eigenvalue weighted by atomic mass is 10.1. The van der Waals surface area contributed by atoms with E-state index in [2.05, 4.69) is 10.6 Å². The predicted octanol–water partition coefficient (Wildman–Crippen LogP) is 3.05. The summed E-state index contributed by atoms with van der Waals surface area (Å²) >= 11 is 0. The highest BCUT2D eigenvalue weighted by molar-refractivity contribution is 6.06. The molecule has 2 N–H and O–H groups in total. The molecule has 2 aromatic carbocycles. The molecule has 0 unspecified atom stereocenters. The van der Waals surface area contributed by atoms with Crippen LogP contribution in [-0.2, 0) is 4.79 Å². The number of halogens is 1. The lowest BCUT2D eigenvalue weighted by Gasteiger charge is -2.13. The van der Waals surface area contributed by atoms with Crippen molar-refractivity contribution in [3.05, 3.63) is 47.8 Å². The molecule has 2 amide bonds. The lowest BCUT2D eigenvalue weighted by molar-refractivity contribution is -0.114. The molecule has 6 nitrogen and oxygen atoms in total. The molecule has 0 radical (unpaired) electrons. The van der Waals surface area contributed by atoms with E-state index in [4.69, 9.17) is 9.47 Å². The van der Waals surface area contributed by atoms with Crippen molar-refractivity contribution in [1.82, 2.24) is 0 Å². The van der Waals surface area contributed by atoms with Gasteiger partial charge in [0.25, 0.3) is 5.91 Å². The van der Waals surface area contributed by atoms with Crippen LogP contribution in [0, 0.1) is 5.82 Å². The number of carbonyl (C=O) groups excluding carboxylic acids is 2. The van der Waals surface area contributed by atoms with Gasteiger partial charge < -0.3 is 20.1 Å². The van der Waals surface area contributed by atoms with Gasteiger partial charge in [-0.2, -0.15) is 0 Å². The van der Waals surface area contributed by atoms with Crippen LogP contribution in [0.15, 0.2) is 36.4 Å². The molecule has 2 rings (SSSR count).